The first-order valence-electron chi connectivity index (χ1n) is 6.25. The van der Waals surface area contributed by atoms with Crippen LogP contribution in [0.4, 0.5) is 0 Å². The molecule has 2 aromatic rings. The summed E-state index contributed by atoms with van der Waals surface area (Å²) in [5, 5.41) is 10.5. The highest BCUT2D eigenvalue weighted by molar-refractivity contribution is 9.10. The lowest BCUT2D eigenvalue weighted by atomic mass is 10.0. The van der Waals surface area contributed by atoms with Crippen molar-refractivity contribution in [3.05, 3.63) is 52.3 Å². The Hall–Kier alpha value is -1.59. The second-order valence-electron chi connectivity index (χ2n) is 4.18. The fourth-order valence-corrected chi connectivity index (χ4v) is 2.31. The first kappa shape index (κ1) is 14.8. The van der Waals surface area contributed by atoms with Crippen LogP contribution in [0.5, 0.6) is 11.5 Å². The summed E-state index contributed by atoms with van der Waals surface area (Å²) in [5.74, 6) is 1.26. The number of ether oxygens (including phenoxy) is 2. The van der Waals surface area contributed by atoms with Crippen LogP contribution in [0.2, 0.25) is 0 Å². The van der Waals surface area contributed by atoms with E-state index in [2.05, 4.69) is 20.9 Å². The summed E-state index contributed by atoms with van der Waals surface area (Å²) in [5.41, 5.74) is 1.34. The summed E-state index contributed by atoms with van der Waals surface area (Å²) < 4.78 is 11.6. The van der Waals surface area contributed by atoms with E-state index < -0.39 is 6.10 Å². The van der Waals surface area contributed by atoms with Gasteiger partial charge in [-0.3, -0.25) is 4.98 Å². The summed E-state index contributed by atoms with van der Waals surface area (Å²) in [7, 11) is 1.58. The number of aliphatic hydroxyl groups excluding tert-OH is 1. The molecule has 1 aromatic carbocycles. The lowest BCUT2D eigenvalue weighted by molar-refractivity contribution is 0.213. The maximum atomic E-state index is 10.5. The molecular weight excluding hydrogens is 322 g/mol. The second kappa shape index (κ2) is 6.72. The minimum atomic E-state index is -0.824. The Balaban J connectivity index is 2.37. The summed E-state index contributed by atoms with van der Waals surface area (Å²) >= 11 is 3.40. The highest BCUT2D eigenvalue weighted by Gasteiger charge is 2.17. The molecule has 1 atom stereocenters. The number of aliphatic hydroxyl groups is 1. The number of benzene rings is 1. The minimum Gasteiger partial charge on any atom is -0.496 e. The van der Waals surface area contributed by atoms with E-state index >= 15 is 0 Å². The molecule has 20 heavy (non-hydrogen) atoms. The van der Waals surface area contributed by atoms with Crippen LogP contribution in [-0.2, 0) is 0 Å². The molecule has 5 heteroatoms. The molecule has 0 amide bonds. The number of halogens is 1. The van der Waals surface area contributed by atoms with Crippen molar-refractivity contribution in [2.45, 2.75) is 13.0 Å². The Bertz CT molecular complexity index is 589. The van der Waals surface area contributed by atoms with Gasteiger partial charge in [0.25, 0.3) is 0 Å². The van der Waals surface area contributed by atoms with Crippen LogP contribution < -0.4 is 9.47 Å². The van der Waals surface area contributed by atoms with Crippen molar-refractivity contribution in [1.82, 2.24) is 4.98 Å². The molecule has 0 aliphatic rings. The Kier molecular flexibility index (Phi) is 4.98. The summed E-state index contributed by atoms with van der Waals surface area (Å²) in [4.78, 5) is 4.09. The third kappa shape index (κ3) is 3.29. The van der Waals surface area contributed by atoms with E-state index in [1.54, 1.807) is 25.6 Å². The predicted molar refractivity (Wildman–Crippen MR) is 80.2 cm³/mol. The molecule has 1 N–H and O–H groups in total. The molecule has 0 fully saturated rings. The van der Waals surface area contributed by atoms with Gasteiger partial charge in [0.15, 0.2) is 0 Å². The van der Waals surface area contributed by atoms with Crippen LogP contribution in [0.1, 0.15) is 24.2 Å². The molecule has 0 aliphatic heterocycles. The molecule has 4 nitrogen and oxygen atoms in total. The number of rotatable bonds is 5. The van der Waals surface area contributed by atoms with Gasteiger partial charge >= 0.3 is 0 Å². The van der Waals surface area contributed by atoms with Crippen LogP contribution in [0.15, 0.2) is 41.1 Å². The highest BCUT2D eigenvalue weighted by Crippen LogP contribution is 2.33. The Labute approximate surface area is 126 Å². The molecule has 0 spiro atoms. The predicted octanol–water partition coefficient (Wildman–Crippen LogP) is 3.33. The average Bonchev–Trinajstić information content (AvgIpc) is 2.47. The van der Waals surface area contributed by atoms with Crippen molar-refractivity contribution >= 4 is 15.9 Å². The Morgan fingerprint density at radius 3 is 2.80 bits per heavy atom. The van der Waals surface area contributed by atoms with Crippen LogP contribution in [0.3, 0.4) is 0 Å². The van der Waals surface area contributed by atoms with Gasteiger partial charge in [-0.2, -0.15) is 0 Å². The molecule has 106 valence electrons. The number of methoxy groups -OCH3 is 1. The molecule has 1 unspecified atom stereocenters. The average molecular weight is 338 g/mol. The Morgan fingerprint density at radius 1 is 1.30 bits per heavy atom. The molecular formula is C15H16BrNO3. The van der Waals surface area contributed by atoms with E-state index in [4.69, 9.17) is 9.47 Å². The SMILES string of the molecule is CCOc1cncc(C(O)c2cc(Br)ccc2OC)c1. The van der Waals surface area contributed by atoms with Crippen molar-refractivity contribution in [3.63, 3.8) is 0 Å². The van der Waals surface area contributed by atoms with Gasteiger partial charge in [0, 0.05) is 21.8 Å². The molecule has 0 radical (unpaired) electrons. The molecule has 0 bridgehead atoms. The van der Waals surface area contributed by atoms with Crippen LogP contribution in [0, 0.1) is 0 Å². The van der Waals surface area contributed by atoms with Gasteiger partial charge in [0.1, 0.15) is 17.6 Å². The third-order valence-electron chi connectivity index (χ3n) is 2.85. The number of nitrogens with zero attached hydrogens (tertiary/aromatic N) is 1. The Morgan fingerprint density at radius 2 is 2.10 bits per heavy atom. The molecule has 0 saturated carbocycles. The molecule has 0 aliphatic carbocycles. The number of hydrogen-bond donors (Lipinski definition) is 1. The van der Waals surface area contributed by atoms with Gasteiger partial charge in [-0.1, -0.05) is 15.9 Å². The van der Waals surface area contributed by atoms with Gasteiger partial charge in [-0.25, -0.2) is 0 Å². The quantitative estimate of drug-likeness (QED) is 0.909. The number of hydrogen-bond acceptors (Lipinski definition) is 4. The first-order valence-corrected chi connectivity index (χ1v) is 7.04. The fraction of sp³-hybridized carbons (Fsp3) is 0.267. The van der Waals surface area contributed by atoms with Gasteiger partial charge in [0.05, 0.1) is 19.9 Å². The summed E-state index contributed by atoms with van der Waals surface area (Å²) in [6.45, 7) is 2.46. The molecule has 0 saturated heterocycles. The maximum absolute atomic E-state index is 10.5. The molecule has 1 aromatic heterocycles. The maximum Gasteiger partial charge on any atom is 0.137 e. The van der Waals surface area contributed by atoms with Crippen molar-refractivity contribution in [1.29, 1.82) is 0 Å². The summed E-state index contributed by atoms with van der Waals surface area (Å²) in [6.07, 6.45) is 2.42. The van der Waals surface area contributed by atoms with E-state index in [1.165, 1.54) is 0 Å². The normalized spacial score (nSPS) is 12.0. The zero-order chi connectivity index (χ0) is 14.5. The van der Waals surface area contributed by atoms with Crippen molar-refractivity contribution < 1.29 is 14.6 Å². The molecule has 2 rings (SSSR count). The van der Waals surface area contributed by atoms with Crippen molar-refractivity contribution in [2.24, 2.45) is 0 Å². The van der Waals surface area contributed by atoms with Gasteiger partial charge in [0.2, 0.25) is 0 Å². The first-order chi connectivity index (χ1) is 9.65. The summed E-state index contributed by atoms with van der Waals surface area (Å²) in [6, 6.07) is 7.28. The zero-order valence-electron chi connectivity index (χ0n) is 11.3. The largest absolute Gasteiger partial charge is 0.496 e. The van der Waals surface area contributed by atoms with Crippen molar-refractivity contribution in [3.8, 4) is 11.5 Å². The lowest BCUT2D eigenvalue weighted by Gasteiger charge is -2.16. The van der Waals surface area contributed by atoms with E-state index in [0.29, 0.717) is 29.2 Å². The third-order valence-corrected chi connectivity index (χ3v) is 3.34. The van der Waals surface area contributed by atoms with Crippen LogP contribution in [0.25, 0.3) is 0 Å². The van der Waals surface area contributed by atoms with Crippen LogP contribution >= 0.6 is 15.9 Å². The fourth-order valence-electron chi connectivity index (χ4n) is 1.93. The minimum absolute atomic E-state index is 0.557. The van der Waals surface area contributed by atoms with E-state index in [0.717, 1.165) is 4.47 Å². The standard InChI is InChI=1S/C15H16BrNO3/c1-3-20-12-6-10(8-17-9-12)15(18)13-7-11(16)4-5-14(13)19-2/h4-9,15,18H,3H2,1-2H3. The number of aromatic nitrogens is 1. The van der Waals surface area contributed by atoms with Crippen molar-refractivity contribution in [2.75, 3.05) is 13.7 Å². The topological polar surface area (TPSA) is 51.6 Å². The number of pyridine rings is 1. The monoisotopic (exact) mass is 337 g/mol. The van der Waals surface area contributed by atoms with Gasteiger partial charge < -0.3 is 14.6 Å². The zero-order valence-corrected chi connectivity index (χ0v) is 12.9. The van der Waals surface area contributed by atoms with Gasteiger partial charge in [-0.15, -0.1) is 0 Å². The van der Waals surface area contributed by atoms with E-state index in [-0.39, 0.29) is 0 Å². The smallest absolute Gasteiger partial charge is 0.137 e. The molecule has 1 heterocycles. The second-order valence-corrected chi connectivity index (χ2v) is 5.09. The van der Waals surface area contributed by atoms with E-state index in [9.17, 15) is 5.11 Å². The lowest BCUT2D eigenvalue weighted by Crippen LogP contribution is -2.04. The van der Waals surface area contributed by atoms with Crippen LogP contribution in [-0.4, -0.2) is 23.8 Å². The highest BCUT2D eigenvalue weighted by atomic mass is 79.9. The van der Waals surface area contributed by atoms with Gasteiger partial charge in [-0.05, 0) is 31.2 Å². The van der Waals surface area contributed by atoms with E-state index in [1.807, 2.05) is 25.1 Å².